The second-order valence-electron chi connectivity index (χ2n) is 5.18. The van der Waals surface area contributed by atoms with Crippen LogP contribution in [0, 0.1) is 12.8 Å². The standard InChI is InChI=1S/C14H24N2O2S/c1-11(2)6-5-9-16-19(17,18)14-8-4-7-13(10-15)12(14)3/h4,7-8,11,16H,5-6,9-10,15H2,1-3H3. The summed E-state index contributed by atoms with van der Waals surface area (Å²) < 4.78 is 27.1. The predicted octanol–water partition coefficient (Wildman–Crippen LogP) is 2.17. The minimum absolute atomic E-state index is 0.333. The Bertz CT molecular complexity index is 510. The van der Waals surface area contributed by atoms with Crippen LogP contribution in [0.5, 0.6) is 0 Å². The van der Waals surface area contributed by atoms with E-state index in [0.29, 0.717) is 23.9 Å². The minimum Gasteiger partial charge on any atom is -0.326 e. The number of nitrogens with one attached hydrogen (secondary N) is 1. The average molecular weight is 284 g/mol. The number of hydrogen-bond acceptors (Lipinski definition) is 3. The van der Waals surface area contributed by atoms with Gasteiger partial charge in [0.25, 0.3) is 0 Å². The quantitative estimate of drug-likeness (QED) is 0.754. The van der Waals surface area contributed by atoms with E-state index in [2.05, 4.69) is 18.6 Å². The third-order valence-electron chi connectivity index (χ3n) is 3.16. The summed E-state index contributed by atoms with van der Waals surface area (Å²) >= 11 is 0. The summed E-state index contributed by atoms with van der Waals surface area (Å²) in [4.78, 5) is 0.333. The lowest BCUT2D eigenvalue weighted by Gasteiger charge is -2.12. The molecule has 0 saturated heterocycles. The van der Waals surface area contributed by atoms with Crippen molar-refractivity contribution in [1.29, 1.82) is 0 Å². The van der Waals surface area contributed by atoms with Crippen LogP contribution in [0.1, 0.15) is 37.8 Å². The van der Waals surface area contributed by atoms with Gasteiger partial charge in [-0.1, -0.05) is 26.0 Å². The molecular weight excluding hydrogens is 260 g/mol. The molecule has 1 aromatic rings. The van der Waals surface area contributed by atoms with E-state index in [1.165, 1.54) is 0 Å². The van der Waals surface area contributed by atoms with Crippen LogP contribution in [-0.2, 0) is 16.6 Å². The van der Waals surface area contributed by atoms with Gasteiger partial charge in [-0.2, -0.15) is 0 Å². The molecule has 1 aromatic carbocycles. The van der Waals surface area contributed by atoms with Gasteiger partial charge in [-0.05, 0) is 42.9 Å². The molecule has 0 fully saturated rings. The molecule has 3 N–H and O–H groups in total. The van der Waals surface area contributed by atoms with Crippen molar-refractivity contribution in [2.45, 2.75) is 45.1 Å². The molecule has 0 aliphatic heterocycles. The van der Waals surface area contributed by atoms with E-state index in [4.69, 9.17) is 5.73 Å². The number of hydrogen-bond donors (Lipinski definition) is 2. The van der Waals surface area contributed by atoms with Gasteiger partial charge in [0.2, 0.25) is 10.0 Å². The first-order chi connectivity index (χ1) is 8.88. The smallest absolute Gasteiger partial charge is 0.240 e. The Hall–Kier alpha value is -0.910. The van der Waals surface area contributed by atoms with Gasteiger partial charge in [0.15, 0.2) is 0 Å². The summed E-state index contributed by atoms with van der Waals surface area (Å²) in [5.41, 5.74) is 7.21. The molecule has 0 bridgehead atoms. The lowest BCUT2D eigenvalue weighted by atomic mass is 10.1. The van der Waals surface area contributed by atoms with Gasteiger partial charge in [-0.3, -0.25) is 0 Å². The molecule has 0 aliphatic carbocycles. The Kier molecular flexibility index (Phi) is 5.97. The summed E-state index contributed by atoms with van der Waals surface area (Å²) in [6, 6.07) is 5.21. The first kappa shape index (κ1) is 16.1. The van der Waals surface area contributed by atoms with Crippen molar-refractivity contribution in [2.75, 3.05) is 6.54 Å². The molecule has 19 heavy (non-hydrogen) atoms. The Balaban J connectivity index is 2.78. The fourth-order valence-electron chi connectivity index (χ4n) is 1.97. The van der Waals surface area contributed by atoms with Crippen molar-refractivity contribution in [2.24, 2.45) is 11.7 Å². The Morgan fingerprint density at radius 3 is 2.58 bits per heavy atom. The van der Waals surface area contributed by atoms with Gasteiger partial charge >= 0.3 is 0 Å². The normalized spacial score (nSPS) is 12.1. The highest BCUT2D eigenvalue weighted by Gasteiger charge is 2.17. The van der Waals surface area contributed by atoms with Gasteiger partial charge < -0.3 is 5.73 Å². The zero-order valence-electron chi connectivity index (χ0n) is 11.9. The fraction of sp³-hybridized carbons (Fsp3) is 0.571. The minimum atomic E-state index is -3.43. The van der Waals surface area contributed by atoms with Crippen molar-refractivity contribution < 1.29 is 8.42 Å². The molecule has 108 valence electrons. The van der Waals surface area contributed by atoms with Crippen molar-refractivity contribution in [1.82, 2.24) is 4.72 Å². The molecule has 5 heteroatoms. The van der Waals surface area contributed by atoms with Crippen LogP contribution in [0.3, 0.4) is 0 Å². The maximum atomic E-state index is 12.2. The molecule has 0 aromatic heterocycles. The van der Waals surface area contributed by atoms with Gasteiger partial charge in [-0.15, -0.1) is 0 Å². The highest BCUT2D eigenvalue weighted by atomic mass is 32.2. The van der Waals surface area contributed by atoms with Crippen LogP contribution >= 0.6 is 0 Å². The van der Waals surface area contributed by atoms with Gasteiger partial charge in [0.05, 0.1) is 4.90 Å². The van der Waals surface area contributed by atoms with Crippen LogP contribution in [0.4, 0.5) is 0 Å². The largest absolute Gasteiger partial charge is 0.326 e. The molecule has 0 saturated carbocycles. The first-order valence-electron chi connectivity index (χ1n) is 6.66. The lowest BCUT2D eigenvalue weighted by molar-refractivity contribution is 0.539. The Labute approximate surface area is 116 Å². The van der Waals surface area contributed by atoms with Crippen molar-refractivity contribution in [3.8, 4) is 0 Å². The van der Waals surface area contributed by atoms with Crippen molar-refractivity contribution in [3.05, 3.63) is 29.3 Å². The highest BCUT2D eigenvalue weighted by Crippen LogP contribution is 2.18. The third-order valence-corrected chi connectivity index (χ3v) is 4.76. The van der Waals surface area contributed by atoms with Gasteiger partial charge in [0.1, 0.15) is 0 Å². The van der Waals surface area contributed by atoms with Crippen molar-refractivity contribution in [3.63, 3.8) is 0 Å². The maximum absolute atomic E-state index is 12.2. The Morgan fingerprint density at radius 2 is 2.00 bits per heavy atom. The van der Waals surface area contributed by atoms with Crippen LogP contribution in [-0.4, -0.2) is 15.0 Å². The first-order valence-corrected chi connectivity index (χ1v) is 8.15. The van der Waals surface area contributed by atoms with Crippen LogP contribution in [0.2, 0.25) is 0 Å². The van der Waals surface area contributed by atoms with E-state index >= 15 is 0 Å². The molecular formula is C14H24N2O2S. The summed E-state index contributed by atoms with van der Waals surface area (Å²) in [5, 5.41) is 0. The number of sulfonamides is 1. The molecule has 4 nitrogen and oxygen atoms in total. The van der Waals surface area contributed by atoms with Gasteiger partial charge in [0, 0.05) is 13.1 Å². The number of nitrogens with two attached hydrogens (primary N) is 1. The molecule has 0 radical (unpaired) electrons. The molecule has 1 rings (SSSR count). The highest BCUT2D eigenvalue weighted by molar-refractivity contribution is 7.89. The zero-order chi connectivity index (χ0) is 14.5. The monoisotopic (exact) mass is 284 g/mol. The molecule has 0 aliphatic rings. The second kappa shape index (κ2) is 7.03. The van der Waals surface area contributed by atoms with Gasteiger partial charge in [-0.25, -0.2) is 13.1 Å². The van der Waals surface area contributed by atoms with Crippen LogP contribution in [0.15, 0.2) is 23.1 Å². The molecule has 0 spiro atoms. The zero-order valence-corrected chi connectivity index (χ0v) is 12.8. The van der Waals surface area contributed by atoms with E-state index in [-0.39, 0.29) is 0 Å². The summed E-state index contributed by atoms with van der Waals surface area (Å²) in [5.74, 6) is 0.590. The molecule has 0 amide bonds. The number of benzene rings is 1. The topological polar surface area (TPSA) is 72.2 Å². The number of rotatable bonds is 7. The van der Waals surface area contributed by atoms with E-state index in [0.717, 1.165) is 24.0 Å². The Morgan fingerprint density at radius 1 is 1.32 bits per heavy atom. The predicted molar refractivity (Wildman–Crippen MR) is 78.3 cm³/mol. The van der Waals surface area contributed by atoms with Crippen LogP contribution < -0.4 is 10.5 Å². The molecule has 0 heterocycles. The van der Waals surface area contributed by atoms with E-state index in [1.807, 2.05) is 6.07 Å². The summed E-state index contributed by atoms with van der Waals surface area (Å²) in [7, 11) is -3.43. The second-order valence-corrected chi connectivity index (χ2v) is 6.91. The fourth-order valence-corrected chi connectivity index (χ4v) is 3.33. The maximum Gasteiger partial charge on any atom is 0.240 e. The van der Waals surface area contributed by atoms with Crippen molar-refractivity contribution >= 4 is 10.0 Å². The molecule has 0 atom stereocenters. The summed E-state index contributed by atoms with van der Waals surface area (Å²) in [6.07, 6.45) is 1.87. The summed E-state index contributed by atoms with van der Waals surface area (Å²) in [6.45, 7) is 6.88. The third kappa shape index (κ3) is 4.60. The van der Waals surface area contributed by atoms with E-state index < -0.39 is 10.0 Å². The van der Waals surface area contributed by atoms with Crippen LogP contribution in [0.25, 0.3) is 0 Å². The molecule has 0 unspecified atom stereocenters. The lowest BCUT2D eigenvalue weighted by Crippen LogP contribution is -2.26. The van der Waals surface area contributed by atoms with E-state index in [9.17, 15) is 8.42 Å². The van der Waals surface area contributed by atoms with E-state index in [1.54, 1.807) is 19.1 Å². The SMILES string of the molecule is Cc1c(CN)cccc1S(=O)(=O)NCCCC(C)C. The average Bonchev–Trinajstić information content (AvgIpc) is 2.34.